The highest BCUT2D eigenvalue weighted by molar-refractivity contribution is 7.99. The van der Waals surface area contributed by atoms with Crippen LogP contribution in [0.3, 0.4) is 0 Å². The molecule has 0 aromatic heterocycles. The van der Waals surface area contributed by atoms with Crippen molar-refractivity contribution in [2.75, 3.05) is 12.3 Å². The molecule has 0 radical (unpaired) electrons. The molecule has 2 N–H and O–H groups in total. The van der Waals surface area contributed by atoms with Crippen LogP contribution in [-0.2, 0) is 22.6 Å². The van der Waals surface area contributed by atoms with Crippen LogP contribution in [0.5, 0.6) is 5.75 Å². The van der Waals surface area contributed by atoms with E-state index in [9.17, 15) is 26.7 Å². The number of rotatable bonds is 8. The Bertz CT molecular complexity index is 929. The van der Waals surface area contributed by atoms with Crippen LogP contribution in [0.25, 0.3) is 0 Å². The summed E-state index contributed by atoms with van der Waals surface area (Å²) in [5, 5.41) is 9.52. The predicted molar refractivity (Wildman–Crippen MR) is 104 cm³/mol. The van der Waals surface area contributed by atoms with Crippen molar-refractivity contribution in [2.24, 2.45) is 0 Å². The average Bonchev–Trinajstić information content (AvgIpc) is 2.61. The van der Waals surface area contributed by atoms with Crippen molar-refractivity contribution in [3.63, 3.8) is 0 Å². The number of nitrogens with one attached hydrogen (secondary N) is 1. The van der Waals surface area contributed by atoms with Gasteiger partial charge in [0.05, 0.1) is 10.5 Å². The zero-order chi connectivity index (χ0) is 20.9. The van der Waals surface area contributed by atoms with Crippen molar-refractivity contribution < 1.29 is 26.7 Å². The van der Waals surface area contributed by atoms with Gasteiger partial charge in [-0.15, -0.1) is 11.8 Å². The number of benzene rings is 2. The van der Waals surface area contributed by atoms with Crippen LogP contribution in [0.1, 0.15) is 30.0 Å². The fourth-order valence-electron chi connectivity index (χ4n) is 2.73. The van der Waals surface area contributed by atoms with E-state index >= 15 is 0 Å². The fraction of sp³-hybridized carbons (Fsp3) is 0.368. The number of halogens is 3. The number of sulfonamides is 1. The fourth-order valence-corrected chi connectivity index (χ4v) is 5.05. The standard InChI is InChI=1S/C19H22F3NO3S2/c1-3-5-15-16(19(20,21)22)6-4-7-18(15)28(25,26)23-10-11-27-14-8-9-17(24)13(2)12-14/h4,6-9,12,23-24H,3,5,10-11H2,1-2H3. The molecule has 0 saturated heterocycles. The van der Waals surface area contributed by atoms with Crippen molar-refractivity contribution in [2.45, 2.75) is 42.7 Å². The summed E-state index contributed by atoms with van der Waals surface area (Å²) in [6.07, 6.45) is -4.19. The van der Waals surface area contributed by atoms with E-state index in [0.29, 0.717) is 17.7 Å². The van der Waals surface area contributed by atoms with Gasteiger partial charge in [-0.2, -0.15) is 13.2 Å². The molecule has 0 amide bonds. The van der Waals surface area contributed by atoms with Crippen molar-refractivity contribution in [1.29, 1.82) is 0 Å². The Morgan fingerprint density at radius 1 is 1.18 bits per heavy atom. The second kappa shape index (κ2) is 9.19. The molecule has 0 unspecified atom stereocenters. The number of phenolic OH excluding ortho intramolecular Hbond substituents is 1. The molecule has 0 aliphatic rings. The van der Waals surface area contributed by atoms with E-state index in [-0.39, 0.29) is 29.2 Å². The maximum atomic E-state index is 13.3. The summed E-state index contributed by atoms with van der Waals surface area (Å²) in [6, 6.07) is 8.28. The van der Waals surface area contributed by atoms with Crippen molar-refractivity contribution in [1.82, 2.24) is 4.72 Å². The first-order valence-corrected chi connectivity index (χ1v) is 11.1. The van der Waals surface area contributed by atoms with Gasteiger partial charge in [-0.25, -0.2) is 13.1 Å². The monoisotopic (exact) mass is 433 g/mol. The number of alkyl halides is 3. The minimum Gasteiger partial charge on any atom is -0.508 e. The van der Waals surface area contributed by atoms with Crippen molar-refractivity contribution in [3.8, 4) is 5.75 Å². The first kappa shape index (κ1) is 22.6. The lowest BCUT2D eigenvalue weighted by Crippen LogP contribution is -2.28. The molecular formula is C19H22F3NO3S2. The van der Waals surface area contributed by atoms with Gasteiger partial charge in [-0.3, -0.25) is 0 Å². The molecule has 9 heteroatoms. The van der Waals surface area contributed by atoms with E-state index in [2.05, 4.69) is 4.72 Å². The Balaban J connectivity index is 2.12. The molecule has 2 aromatic rings. The third-order valence-electron chi connectivity index (χ3n) is 4.06. The van der Waals surface area contributed by atoms with Gasteiger partial charge < -0.3 is 5.11 Å². The van der Waals surface area contributed by atoms with E-state index in [1.807, 2.05) is 0 Å². The van der Waals surface area contributed by atoms with E-state index in [4.69, 9.17) is 0 Å². The highest BCUT2D eigenvalue weighted by Crippen LogP contribution is 2.35. The Morgan fingerprint density at radius 3 is 2.50 bits per heavy atom. The van der Waals surface area contributed by atoms with Gasteiger partial charge in [0, 0.05) is 17.2 Å². The predicted octanol–water partition coefficient (Wildman–Crippen LogP) is 4.74. The quantitative estimate of drug-likeness (QED) is 0.466. The molecule has 0 heterocycles. The smallest absolute Gasteiger partial charge is 0.416 e. The molecule has 0 bridgehead atoms. The normalized spacial score (nSPS) is 12.3. The molecule has 0 aliphatic heterocycles. The number of phenols is 1. The summed E-state index contributed by atoms with van der Waals surface area (Å²) in [7, 11) is -4.07. The summed E-state index contributed by atoms with van der Waals surface area (Å²) >= 11 is 1.38. The first-order valence-electron chi connectivity index (χ1n) is 8.67. The Labute approximate surface area is 167 Å². The van der Waals surface area contributed by atoms with Crippen molar-refractivity contribution in [3.05, 3.63) is 53.1 Å². The SMILES string of the molecule is CCCc1c(C(F)(F)F)cccc1S(=O)(=O)NCCSc1ccc(O)c(C)c1. The third kappa shape index (κ3) is 5.65. The average molecular weight is 434 g/mol. The topological polar surface area (TPSA) is 66.4 Å². The summed E-state index contributed by atoms with van der Waals surface area (Å²) in [4.78, 5) is 0.537. The largest absolute Gasteiger partial charge is 0.508 e. The Morgan fingerprint density at radius 2 is 1.89 bits per heavy atom. The van der Waals surface area contributed by atoms with Gasteiger partial charge in [0.25, 0.3) is 0 Å². The third-order valence-corrected chi connectivity index (χ3v) is 6.60. The maximum Gasteiger partial charge on any atom is 0.416 e. The maximum absolute atomic E-state index is 13.3. The molecule has 0 aliphatic carbocycles. The van der Waals surface area contributed by atoms with Crippen LogP contribution in [0.4, 0.5) is 13.2 Å². The molecule has 0 spiro atoms. The molecule has 4 nitrogen and oxygen atoms in total. The molecule has 0 saturated carbocycles. The van der Waals surface area contributed by atoms with Crippen molar-refractivity contribution >= 4 is 21.8 Å². The highest BCUT2D eigenvalue weighted by atomic mass is 32.2. The molecule has 28 heavy (non-hydrogen) atoms. The van der Waals surface area contributed by atoms with Crippen LogP contribution >= 0.6 is 11.8 Å². The summed E-state index contributed by atoms with van der Waals surface area (Å²) in [6.45, 7) is 3.52. The van der Waals surface area contributed by atoms with Gasteiger partial charge in [-0.05, 0) is 54.8 Å². The molecule has 154 valence electrons. The zero-order valence-electron chi connectivity index (χ0n) is 15.5. The van der Waals surface area contributed by atoms with Gasteiger partial charge in [0.1, 0.15) is 5.75 Å². The molecule has 0 fully saturated rings. The van der Waals surface area contributed by atoms with Gasteiger partial charge in [0.2, 0.25) is 10.0 Å². The number of hydrogen-bond donors (Lipinski definition) is 2. The van der Waals surface area contributed by atoms with E-state index < -0.39 is 21.8 Å². The van der Waals surface area contributed by atoms with E-state index in [1.165, 1.54) is 17.8 Å². The summed E-state index contributed by atoms with van der Waals surface area (Å²) in [5.74, 6) is 0.573. The Hall–Kier alpha value is -1.71. The van der Waals surface area contributed by atoms with Crippen LogP contribution in [0.2, 0.25) is 0 Å². The first-order chi connectivity index (χ1) is 13.1. The molecule has 0 atom stereocenters. The lowest BCUT2D eigenvalue weighted by atomic mass is 10.0. The number of aromatic hydroxyl groups is 1. The molecule has 2 aromatic carbocycles. The van der Waals surface area contributed by atoms with Gasteiger partial charge in [0.15, 0.2) is 0 Å². The summed E-state index contributed by atoms with van der Waals surface area (Å²) < 4.78 is 67.4. The van der Waals surface area contributed by atoms with Crippen LogP contribution in [-0.4, -0.2) is 25.8 Å². The number of thioether (sulfide) groups is 1. The lowest BCUT2D eigenvalue weighted by Gasteiger charge is -2.17. The number of hydrogen-bond acceptors (Lipinski definition) is 4. The minimum absolute atomic E-state index is 0.0213. The van der Waals surface area contributed by atoms with E-state index in [0.717, 1.165) is 17.0 Å². The zero-order valence-corrected chi connectivity index (χ0v) is 17.1. The highest BCUT2D eigenvalue weighted by Gasteiger charge is 2.35. The molecular weight excluding hydrogens is 411 g/mol. The lowest BCUT2D eigenvalue weighted by molar-refractivity contribution is -0.138. The van der Waals surface area contributed by atoms with Crippen LogP contribution in [0.15, 0.2) is 46.2 Å². The van der Waals surface area contributed by atoms with Gasteiger partial charge in [-0.1, -0.05) is 19.4 Å². The minimum atomic E-state index is -4.61. The van der Waals surface area contributed by atoms with Gasteiger partial charge >= 0.3 is 6.18 Å². The second-order valence-corrected chi connectivity index (χ2v) is 9.13. The second-order valence-electron chi connectivity index (χ2n) is 6.22. The van der Waals surface area contributed by atoms with E-state index in [1.54, 1.807) is 32.0 Å². The summed E-state index contributed by atoms with van der Waals surface area (Å²) in [5.41, 5.74) is -0.406. The van der Waals surface area contributed by atoms with Crippen LogP contribution in [0, 0.1) is 6.92 Å². The Kier molecular flexibility index (Phi) is 7.41. The number of aryl methyl sites for hydroxylation is 1. The molecule has 2 rings (SSSR count). The van der Waals surface area contributed by atoms with Crippen LogP contribution < -0.4 is 4.72 Å².